The molecule has 0 spiro atoms. The van der Waals surface area contributed by atoms with E-state index in [0.29, 0.717) is 5.92 Å². The van der Waals surface area contributed by atoms with Gasteiger partial charge >= 0.3 is 0 Å². The molecule has 1 aromatic rings. The fourth-order valence-corrected chi connectivity index (χ4v) is 3.47. The van der Waals surface area contributed by atoms with Crippen molar-refractivity contribution in [1.29, 1.82) is 0 Å². The average Bonchev–Trinajstić information content (AvgIpc) is 2.88. The molecule has 1 aromatic heterocycles. The van der Waals surface area contributed by atoms with E-state index >= 15 is 0 Å². The first-order valence-corrected chi connectivity index (χ1v) is 7.94. The van der Waals surface area contributed by atoms with Crippen LogP contribution in [0.3, 0.4) is 0 Å². The van der Waals surface area contributed by atoms with E-state index in [4.69, 9.17) is 14.2 Å². The van der Waals surface area contributed by atoms with E-state index in [1.54, 1.807) is 7.11 Å². The first-order chi connectivity index (χ1) is 9.84. The molecule has 0 unspecified atom stereocenters. The zero-order valence-electron chi connectivity index (χ0n) is 12.4. The van der Waals surface area contributed by atoms with Crippen LogP contribution in [0.15, 0.2) is 4.52 Å². The highest BCUT2D eigenvalue weighted by Crippen LogP contribution is 2.38. The van der Waals surface area contributed by atoms with E-state index < -0.39 is 0 Å². The van der Waals surface area contributed by atoms with Gasteiger partial charge in [-0.25, -0.2) is 0 Å². The van der Waals surface area contributed by atoms with E-state index in [0.717, 1.165) is 44.1 Å². The molecule has 0 bridgehead atoms. The van der Waals surface area contributed by atoms with Gasteiger partial charge in [0.1, 0.15) is 5.60 Å². The van der Waals surface area contributed by atoms with Crippen molar-refractivity contribution >= 4 is 0 Å². The molecule has 2 heterocycles. The van der Waals surface area contributed by atoms with Gasteiger partial charge in [0.15, 0.2) is 0 Å². The maximum atomic E-state index is 5.84. The van der Waals surface area contributed by atoms with Crippen LogP contribution in [0.2, 0.25) is 0 Å². The lowest BCUT2D eigenvalue weighted by atomic mass is 9.93. The SMILES string of the molecule is COC1(c2noc([C@H]3CCCNC3)n2)CCCCCC1. The van der Waals surface area contributed by atoms with Crippen LogP contribution in [0.4, 0.5) is 0 Å². The summed E-state index contributed by atoms with van der Waals surface area (Å²) in [6, 6.07) is 0. The van der Waals surface area contributed by atoms with Crippen molar-refractivity contribution in [2.45, 2.75) is 62.9 Å². The molecular formula is C15H25N3O2. The minimum atomic E-state index is -0.319. The van der Waals surface area contributed by atoms with Gasteiger partial charge in [0, 0.05) is 13.7 Å². The summed E-state index contributed by atoms with van der Waals surface area (Å²) in [6.45, 7) is 2.04. The van der Waals surface area contributed by atoms with Crippen LogP contribution in [0.25, 0.3) is 0 Å². The first-order valence-electron chi connectivity index (χ1n) is 7.94. The third-order valence-electron chi connectivity index (χ3n) is 4.80. The molecule has 1 N–H and O–H groups in total. The lowest BCUT2D eigenvalue weighted by molar-refractivity contribution is -0.0365. The van der Waals surface area contributed by atoms with Crippen molar-refractivity contribution in [2.75, 3.05) is 20.2 Å². The summed E-state index contributed by atoms with van der Waals surface area (Å²) in [4.78, 5) is 4.70. The van der Waals surface area contributed by atoms with Gasteiger partial charge < -0.3 is 14.6 Å². The number of hydrogen-bond acceptors (Lipinski definition) is 5. The number of rotatable bonds is 3. The highest BCUT2D eigenvalue weighted by Gasteiger charge is 2.38. The van der Waals surface area contributed by atoms with Gasteiger partial charge in [0.05, 0.1) is 5.92 Å². The Labute approximate surface area is 120 Å². The van der Waals surface area contributed by atoms with Gasteiger partial charge in [-0.05, 0) is 32.2 Å². The summed E-state index contributed by atoms with van der Waals surface area (Å²) >= 11 is 0. The predicted molar refractivity (Wildman–Crippen MR) is 75.5 cm³/mol. The number of hydrogen-bond donors (Lipinski definition) is 1. The fraction of sp³-hybridized carbons (Fsp3) is 0.867. The van der Waals surface area contributed by atoms with Crippen molar-refractivity contribution in [1.82, 2.24) is 15.5 Å². The van der Waals surface area contributed by atoms with Crippen LogP contribution < -0.4 is 5.32 Å². The summed E-state index contributed by atoms with van der Waals surface area (Å²) in [7, 11) is 1.78. The molecule has 0 amide bonds. The molecule has 20 heavy (non-hydrogen) atoms. The van der Waals surface area contributed by atoms with Crippen molar-refractivity contribution < 1.29 is 9.26 Å². The molecule has 5 heteroatoms. The monoisotopic (exact) mass is 279 g/mol. The number of nitrogens with one attached hydrogen (secondary N) is 1. The van der Waals surface area contributed by atoms with Crippen LogP contribution in [0.1, 0.15) is 69.0 Å². The minimum absolute atomic E-state index is 0.319. The summed E-state index contributed by atoms with van der Waals surface area (Å²) in [5.41, 5.74) is -0.319. The van der Waals surface area contributed by atoms with Crippen molar-refractivity contribution in [3.05, 3.63) is 11.7 Å². The lowest BCUT2D eigenvalue weighted by Gasteiger charge is -2.27. The number of ether oxygens (including phenoxy) is 1. The summed E-state index contributed by atoms with van der Waals surface area (Å²) in [5, 5.41) is 7.66. The zero-order chi connectivity index (χ0) is 13.8. The van der Waals surface area contributed by atoms with Gasteiger partial charge in [0.25, 0.3) is 0 Å². The second-order valence-electron chi connectivity index (χ2n) is 6.11. The molecule has 1 saturated heterocycles. The third kappa shape index (κ3) is 2.74. The Morgan fingerprint density at radius 2 is 2.00 bits per heavy atom. The highest BCUT2D eigenvalue weighted by atomic mass is 16.5. The van der Waals surface area contributed by atoms with E-state index in [1.165, 1.54) is 32.1 Å². The lowest BCUT2D eigenvalue weighted by Crippen LogP contribution is -2.30. The molecule has 1 aliphatic heterocycles. The van der Waals surface area contributed by atoms with Crippen molar-refractivity contribution in [3.8, 4) is 0 Å². The molecular weight excluding hydrogens is 254 g/mol. The maximum absolute atomic E-state index is 5.84. The highest BCUT2D eigenvalue weighted by molar-refractivity contribution is 5.05. The minimum Gasteiger partial charge on any atom is -0.370 e. The zero-order valence-corrected chi connectivity index (χ0v) is 12.4. The molecule has 3 rings (SSSR count). The molecule has 1 aliphatic carbocycles. The quantitative estimate of drug-likeness (QED) is 0.862. The second-order valence-corrected chi connectivity index (χ2v) is 6.11. The average molecular weight is 279 g/mol. The van der Waals surface area contributed by atoms with Gasteiger partial charge in [-0.2, -0.15) is 4.98 Å². The standard InChI is InChI=1S/C15H25N3O2/c1-19-15(8-4-2-3-5-9-15)14-17-13(20-18-14)12-7-6-10-16-11-12/h12,16H,2-11H2,1H3/t12-/m0/s1. The topological polar surface area (TPSA) is 60.2 Å². The smallest absolute Gasteiger partial charge is 0.231 e. The largest absolute Gasteiger partial charge is 0.370 e. The Morgan fingerprint density at radius 1 is 1.20 bits per heavy atom. The molecule has 112 valence electrons. The Balaban J connectivity index is 1.79. The Morgan fingerprint density at radius 3 is 2.65 bits per heavy atom. The molecule has 2 aliphatic rings. The third-order valence-corrected chi connectivity index (χ3v) is 4.80. The molecule has 1 saturated carbocycles. The number of aromatic nitrogens is 2. The van der Waals surface area contributed by atoms with Gasteiger partial charge in [-0.15, -0.1) is 0 Å². The van der Waals surface area contributed by atoms with Crippen LogP contribution in [0, 0.1) is 0 Å². The van der Waals surface area contributed by atoms with Gasteiger partial charge in [0.2, 0.25) is 11.7 Å². The summed E-state index contributed by atoms with van der Waals surface area (Å²) in [6.07, 6.45) is 9.25. The first kappa shape index (κ1) is 14.0. The molecule has 0 radical (unpaired) electrons. The van der Waals surface area contributed by atoms with Crippen molar-refractivity contribution in [3.63, 3.8) is 0 Å². The van der Waals surface area contributed by atoms with E-state index in [-0.39, 0.29) is 5.60 Å². The summed E-state index contributed by atoms with van der Waals surface area (Å²) in [5.74, 6) is 1.92. The molecule has 2 fully saturated rings. The van der Waals surface area contributed by atoms with Crippen molar-refractivity contribution in [2.24, 2.45) is 0 Å². The number of nitrogens with zero attached hydrogens (tertiary/aromatic N) is 2. The number of methoxy groups -OCH3 is 1. The van der Waals surface area contributed by atoms with Crippen LogP contribution in [-0.4, -0.2) is 30.3 Å². The van der Waals surface area contributed by atoms with Crippen LogP contribution in [-0.2, 0) is 10.3 Å². The molecule has 5 nitrogen and oxygen atoms in total. The van der Waals surface area contributed by atoms with Crippen LogP contribution >= 0.6 is 0 Å². The molecule has 1 atom stereocenters. The predicted octanol–water partition coefficient (Wildman–Crippen LogP) is 2.73. The van der Waals surface area contributed by atoms with Crippen LogP contribution in [0.5, 0.6) is 0 Å². The van der Waals surface area contributed by atoms with E-state index in [2.05, 4.69) is 10.5 Å². The summed E-state index contributed by atoms with van der Waals surface area (Å²) < 4.78 is 11.4. The maximum Gasteiger partial charge on any atom is 0.231 e. The Kier molecular flexibility index (Phi) is 4.36. The Hall–Kier alpha value is -0.940. The van der Waals surface area contributed by atoms with Gasteiger partial charge in [-0.3, -0.25) is 0 Å². The molecule has 0 aromatic carbocycles. The van der Waals surface area contributed by atoms with E-state index in [1.807, 2.05) is 0 Å². The normalized spacial score (nSPS) is 27.1. The van der Waals surface area contributed by atoms with Gasteiger partial charge in [-0.1, -0.05) is 30.8 Å². The Bertz CT molecular complexity index is 419. The number of piperidine rings is 1. The van der Waals surface area contributed by atoms with E-state index in [9.17, 15) is 0 Å². The second kappa shape index (κ2) is 6.22. The fourth-order valence-electron chi connectivity index (χ4n) is 3.47.